The molecule has 0 unspecified atom stereocenters. The van der Waals surface area contributed by atoms with Crippen LogP contribution in [0.2, 0.25) is 0 Å². The van der Waals surface area contributed by atoms with Crippen LogP contribution in [-0.2, 0) is 0 Å². The van der Waals surface area contributed by atoms with Crippen molar-refractivity contribution >= 4 is 16.7 Å². The van der Waals surface area contributed by atoms with Crippen molar-refractivity contribution in [1.29, 1.82) is 0 Å². The number of halogens is 1. The van der Waals surface area contributed by atoms with E-state index in [-0.39, 0.29) is 11.7 Å². The Balaban J connectivity index is 2.11. The zero-order valence-electron chi connectivity index (χ0n) is 11.2. The quantitative estimate of drug-likeness (QED) is 0.653. The number of rotatable bonds is 5. The fourth-order valence-corrected chi connectivity index (χ4v) is 2.11. The second kappa shape index (κ2) is 6.72. The Kier molecular flexibility index (Phi) is 4.73. The summed E-state index contributed by atoms with van der Waals surface area (Å²) >= 11 is 0. The molecule has 2 rings (SSSR count). The molecule has 0 radical (unpaired) electrons. The normalized spacial score (nSPS) is 10.2. The smallest absolute Gasteiger partial charge is 0.251 e. The molecular weight excluding hydrogens is 253 g/mol. The summed E-state index contributed by atoms with van der Waals surface area (Å²) in [6, 6.07) is 9.84. The third-order valence-corrected chi connectivity index (χ3v) is 3.15. The summed E-state index contributed by atoms with van der Waals surface area (Å²) in [5.74, 6) is 2.07. The second-order valence-corrected chi connectivity index (χ2v) is 4.56. The molecule has 2 aromatic rings. The number of carbonyl (C=O) groups excluding carboxylic acids is 1. The number of hydrogen-bond donors (Lipinski definition) is 1. The van der Waals surface area contributed by atoms with Gasteiger partial charge >= 0.3 is 0 Å². The first-order valence-corrected chi connectivity index (χ1v) is 6.63. The van der Waals surface area contributed by atoms with Crippen molar-refractivity contribution in [2.45, 2.75) is 19.3 Å². The van der Waals surface area contributed by atoms with Gasteiger partial charge in [0.2, 0.25) is 0 Å². The van der Waals surface area contributed by atoms with E-state index in [2.05, 4.69) is 11.2 Å². The average Bonchev–Trinajstić information content (AvgIpc) is 2.47. The second-order valence-electron chi connectivity index (χ2n) is 4.56. The topological polar surface area (TPSA) is 29.1 Å². The van der Waals surface area contributed by atoms with Crippen molar-refractivity contribution in [3.63, 3.8) is 0 Å². The molecule has 0 bridgehead atoms. The summed E-state index contributed by atoms with van der Waals surface area (Å²) in [5, 5.41) is 3.94. The Morgan fingerprint density at radius 2 is 1.90 bits per heavy atom. The van der Waals surface area contributed by atoms with E-state index in [1.807, 2.05) is 0 Å². The van der Waals surface area contributed by atoms with E-state index in [4.69, 9.17) is 6.42 Å². The van der Waals surface area contributed by atoms with E-state index in [0.29, 0.717) is 22.9 Å². The number of fused-ring (bicyclic) bond motifs is 1. The van der Waals surface area contributed by atoms with Crippen LogP contribution in [0.3, 0.4) is 0 Å². The lowest BCUT2D eigenvalue weighted by Gasteiger charge is -2.08. The van der Waals surface area contributed by atoms with Crippen LogP contribution in [0.4, 0.5) is 4.39 Å². The van der Waals surface area contributed by atoms with E-state index in [0.717, 1.165) is 19.3 Å². The Bertz CT molecular complexity index is 658. The van der Waals surface area contributed by atoms with Crippen molar-refractivity contribution in [1.82, 2.24) is 5.32 Å². The van der Waals surface area contributed by atoms with Crippen molar-refractivity contribution in [3.05, 3.63) is 47.8 Å². The molecular formula is C17H16FNO. The zero-order chi connectivity index (χ0) is 14.4. The van der Waals surface area contributed by atoms with E-state index >= 15 is 0 Å². The van der Waals surface area contributed by atoms with Gasteiger partial charge in [-0.15, -0.1) is 12.3 Å². The maximum Gasteiger partial charge on any atom is 0.251 e. The molecule has 0 fully saturated rings. The van der Waals surface area contributed by atoms with E-state index in [9.17, 15) is 9.18 Å². The molecule has 2 aromatic carbocycles. The molecule has 0 heterocycles. The minimum atomic E-state index is -0.314. The predicted molar refractivity (Wildman–Crippen MR) is 78.9 cm³/mol. The van der Waals surface area contributed by atoms with Crippen LogP contribution in [0.1, 0.15) is 29.6 Å². The number of unbranched alkanes of at least 4 members (excludes halogenated alkanes) is 2. The molecule has 0 atom stereocenters. The summed E-state index contributed by atoms with van der Waals surface area (Å²) < 4.78 is 13.7. The fourth-order valence-electron chi connectivity index (χ4n) is 2.11. The van der Waals surface area contributed by atoms with Gasteiger partial charge in [-0.05, 0) is 30.4 Å². The van der Waals surface area contributed by atoms with Gasteiger partial charge in [0.1, 0.15) is 5.82 Å². The number of amides is 1. The van der Waals surface area contributed by atoms with Crippen LogP contribution < -0.4 is 5.32 Å². The molecule has 2 nitrogen and oxygen atoms in total. The highest BCUT2D eigenvalue weighted by Crippen LogP contribution is 2.21. The number of hydrogen-bond acceptors (Lipinski definition) is 1. The van der Waals surface area contributed by atoms with Crippen LogP contribution in [-0.4, -0.2) is 12.5 Å². The minimum absolute atomic E-state index is 0.179. The molecule has 0 saturated heterocycles. The minimum Gasteiger partial charge on any atom is -0.352 e. The summed E-state index contributed by atoms with van der Waals surface area (Å²) in [6.07, 6.45) is 7.61. The van der Waals surface area contributed by atoms with Gasteiger partial charge in [0, 0.05) is 23.9 Å². The molecule has 0 saturated carbocycles. The first-order chi connectivity index (χ1) is 9.74. The SMILES string of the molecule is C#CCCCCNC(=O)c1ccc(F)c2ccccc12. The van der Waals surface area contributed by atoms with Gasteiger partial charge in [0.25, 0.3) is 5.91 Å². The monoisotopic (exact) mass is 269 g/mol. The van der Waals surface area contributed by atoms with Crippen LogP contribution in [0, 0.1) is 18.2 Å². The Morgan fingerprint density at radius 1 is 1.15 bits per heavy atom. The van der Waals surface area contributed by atoms with Crippen molar-refractivity contribution < 1.29 is 9.18 Å². The first-order valence-electron chi connectivity index (χ1n) is 6.63. The highest BCUT2D eigenvalue weighted by molar-refractivity contribution is 6.07. The third kappa shape index (κ3) is 3.16. The molecule has 1 amide bonds. The molecule has 0 aliphatic heterocycles. The van der Waals surface area contributed by atoms with Crippen molar-refractivity contribution in [2.24, 2.45) is 0 Å². The summed E-state index contributed by atoms with van der Waals surface area (Å²) in [4.78, 5) is 12.1. The third-order valence-electron chi connectivity index (χ3n) is 3.15. The lowest BCUT2D eigenvalue weighted by molar-refractivity contribution is 0.0954. The van der Waals surface area contributed by atoms with E-state index < -0.39 is 0 Å². The van der Waals surface area contributed by atoms with Gasteiger partial charge < -0.3 is 5.32 Å². The Hall–Kier alpha value is -2.34. The molecule has 0 spiro atoms. The summed E-state index contributed by atoms with van der Waals surface area (Å²) in [7, 11) is 0. The van der Waals surface area contributed by atoms with Gasteiger partial charge in [0.05, 0.1) is 0 Å². The summed E-state index contributed by atoms with van der Waals surface area (Å²) in [5.41, 5.74) is 0.499. The van der Waals surface area contributed by atoms with Crippen molar-refractivity contribution in [2.75, 3.05) is 6.54 Å². The maximum absolute atomic E-state index is 13.7. The van der Waals surface area contributed by atoms with Gasteiger partial charge in [0.15, 0.2) is 0 Å². The van der Waals surface area contributed by atoms with Crippen LogP contribution in [0.25, 0.3) is 10.8 Å². The van der Waals surface area contributed by atoms with Crippen LogP contribution >= 0.6 is 0 Å². The first kappa shape index (κ1) is 14.1. The molecule has 20 heavy (non-hydrogen) atoms. The molecule has 0 aromatic heterocycles. The molecule has 1 N–H and O–H groups in total. The molecule has 0 aliphatic carbocycles. The van der Waals surface area contributed by atoms with Crippen molar-refractivity contribution in [3.8, 4) is 12.3 Å². The maximum atomic E-state index is 13.7. The number of terminal acetylenes is 1. The fraction of sp³-hybridized carbons (Fsp3) is 0.235. The number of nitrogens with one attached hydrogen (secondary N) is 1. The highest BCUT2D eigenvalue weighted by Gasteiger charge is 2.11. The van der Waals surface area contributed by atoms with Crippen LogP contribution in [0.15, 0.2) is 36.4 Å². The largest absolute Gasteiger partial charge is 0.352 e. The lowest BCUT2D eigenvalue weighted by atomic mass is 10.0. The van der Waals surface area contributed by atoms with E-state index in [1.54, 1.807) is 24.3 Å². The van der Waals surface area contributed by atoms with E-state index in [1.165, 1.54) is 12.1 Å². The van der Waals surface area contributed by atoms with Gasteiger partial charge in [-0.25, -0.2) is 4.39 Å². The molecule has 3 heteroatoms. The Morgan fingerprint density at radius 3 is 2.65 bits per heavy atom. The van der Waals surface area contributed by atoms with Gasteiger partial charge in [-0.2, -0.15) is 0 Å². The highest BCUT2D eigenvalue weighted by atomic mass is 19.1. The number of carbonyl (C=O) groups is 1. The zero-order valence-corrected chi connectivity index (χ0v) is 11.2. The van der Waals surface area contributed by atoms with Gasteiger partial charge in [-0.3, -0.25) is 4.79 Å². The molecule has 0 aliphatic rings. The summed E-state index contributed by atoms with van der Waals surface area (Å²) in [6.45, 7) is 0.576. The average molecular weight is 269 g/mol. The predicted octanol–water partition coefficient (Wildman–Crippen LogP) is 3.51. The molecule has 102 valence electrons. The lowest BCUT2D eigenvalue weighted by Crippen LogP contribution is -2.24. The van der Waals surface area contributed by atoms with Gasteiger partial charge in [-0.1, -0.05) is 24.3 Å². The Labute approximate surface area is 118 Å². The number of benzene rings is 2. The van der Waals surface area contributed by atoms with Crippen LogP contribution in [0.5, 0.6) is 0 Å². The standard InChI is InChI=1S/C17H16FNO/c1-2-3-4-7-12-19-17(20)15-10-11-16(18)14-9-6-5-8-13(14)15/h1,5-6,8-11H,3-4,7,12H2,(H,19,20).